The van der Waals surface area contributed by atoms with Gasteiger partial charge in [0, 0.05) is 25.1 Å². The Kier molecular flexibility index (Phi) is 7.40. The highest BCUT2D eigenvalue weighted by atomic mass is 16.5. The number of rotatable bonds is 10. The highest BCUT2D eigenvalue weighted by molar-refractivity contribution is 5.94. The second kappa shape index (κ2) is 10.8. The molecule has 0 bridgehead atoms. The van der Waals surface area contributed by atoms with E-state index in [0.29, 0.717) is 25.1 Å². The summed E-state index contributed by atoms with van der Waals surface area (Å²) in [5.74, 6) is 1.88. The Balaban J connectivity index is 1.33. The van der Waals surface area contributed by atoms with Crippen molar-refractivity contribution < 1.29 is 9.53 Å². The summed E-state index contributed by atoms with van der Waals surface area (Å²) in [7, 11) is 0. The van der Waals surface area contributed by atoms with Gasteiger partial charge in [-0.1, -0.05) is 42.0 Å². The molecule has 5 nitrogen and oxygen atoms in total. The fourth-order valence-electron chi connectivity index (χ4n) is 4.01. The Labute approximate surface area is 195 Å². The number of imidazole rings is 1. The zero-order chi connectivity index (χ0) is 23.0. The van der Waals surface area contributed by atoms with Crippen molar-refractivity contribution in [3.8, 4) is 5.75 Å². The first-order chi connectivity index (χ1) is 16.1. The van der Waals surface area contributed by atoms with Gasteiger partial charge < -0.3 is 14.6 Å². The molecule has 1 amide bonds. The Morgan fingerprint density at radius 1 is 0.939 bits per heavy atom. The maximum Gasteiger partial charge on any atom is 0.251 e. The standard InChI is InChI=1S/C28H31N3O2/c1-21-9-7-11-23(19-21)28(32)29-16-15-27-30-25-13-3-4-14-26(25)31(27)17-5-6-18-33-24-12-8-10-22(2)20-24/h3-4,7-14,19-20H,5-6,15-18H2,1-2H3,(H,29,32). The molecule has 33 heavy (non-hydrogen) atoms. The quantitative estimate of drug-likeness (QED) is 0.331. The molecule has 0 saturated heterocycles. The van der Waals surface area contributed by atoms with E-state index in [1.54, 1.807) is 0 Å². The number of nitrogens with one attached hydrogen (secondary N) is 1. The predicted molar refractivity (Wildman–Crippen MR) is 133 cm³/mol. The molecule has 0 fully saturated rings. The van der Waals surface area contributed by atoms with Crippen LogP contribution in [0.25, 0.3) is 11.0 Å². The van der Waals surface area contributed by atoms with E-state index in [2.05, 4.69) is 35.0 Å². The Morgan fingerprint density at radius 2 is 1.73 bits per heavy atom. The summed E-state index contributed by atoms with van der Waals surface area (Å²) in [5.41, 5.74) is 5.11. The minimum Gasteiger partial charge on any atom is -0.494 e. The molecule has 0 aliphatic rings. The van der Waals surface area contributed by atoms with Gasteiger partial charge in [-0.3, -0.25) is 4.79 Å². The van der Waals surface area contributed by atoms with E-state index >= 15 is 0 Å². The van der Waals surface area contributed by atoms with Crippen molar-refractivity contribution in [2.45, 2.75) is 39.7 Å². The Hall–Kier alpha value is -3.60. The molecule has 170 valence electrons. The van der Waals surface area contributed by atoms with Crippen molar-refractivity contribution in [3.63, 3.8) is 0 Å². The largest absolute Gasteiger partial charge is 0.494 e. The van der Waals surface area contributed by atoms with Crippen LogP contribution in [0.3, 0.4) is 0 Å². The summed E-state index contributed by atoms with van der Waals surface area (Å²) in [6, 6.07) is 24.0. The zero-order valence-corrected chi connectivity index (χ0v) is 19.4. The molecule has 0 unspecified atom stereocenters. The molecule has 1 heterocycles. The van der Waals surface area contributed by atoms with E-state index in [9.17, 15) is 4.79 Å². The molecule has 0 radical (unpaired) electrons. The number of aromatic nitrogens is 2. The number of amides is 1. The van der Waals surface area contributed by atoms with Crippen LogP contribution in [0.2, 0.25) is 0 Å². The number of hydrogen-bond acceptors (Lipinski definition) is 3. The van der Waals surface area contributed by atoms with Crippen LogP contribution >= 0.6 is 0 Å². The van der Waals surface area contributed by atoms with Crippen LogP contribution < -0.4 is 10.1 Å². The number of fused-ring (bicyclic) bond motifs is 1. The SMILES string of the molecule is Cc1cccc(OCCCCn2c(CCNC(=O)c3cccc(C)c3)nc3ccccc32)c1. The van der Waals surface area contributed by atoms with Crippen molar-refractivity contribution in [2.75, 3.05) is 13.2 Å². The van der Waals surface area contributed by atoms with Crippen molar-refractivity contribution in [2.24, 2.45) is 0 Å². The van der Waals surface area contributed by atoms with Crippen molar-refractivity contribution in [1.29, 1.82) is 0 Å². The lowest BCUT2D eigenvalue weighted by atomic mass is 10.1. The highest BCUT2D eigenvalue weighted by Crippen LogP contribution is 2.18. The smallest absolute Gasteiger partial charge is 0.251 e. The summed E-state index contributed by atoms with van der Waals surface area (Å²) in [6.07, 6.45) is 2.64. The third kappa shape index (κ3) is 6.01. The van der Waals surface area contributed by atoms with E-state index in [1.807, 2.05) is 61.5 Å². The van der Waals surface area contributed by atoms with Crippen LogP contribution in [-0.4, -0.2) is 28.6 Å². The van der Waals surface area contributed by atoms with Crippen LogP contribution in [0.15, 0.2) is 72.8 Å². The number of hydrogen-bond donors (Lipinski definition) is 1. The van der Waals surface area contributed by atoms with Gasteiger partial charge in [-0.15, -0.1) is 0 Å². The van der Waals surface area contributed by atoms with Crippen LogP contribution in [0.5, 0.6) is 5.75 Å². The van der Waals surface area contributed by atoms with Gasteiger partial charge in [0.1, 0.15) is 11.6 Å². The molecule has 4 rings (SSSR count). The second-order valence-corrected chi connectivity index (χ2v) is 8.42. The predicted octanol–water partition coefficient (Wildman–Crippen LogP) is 5.48. The number of benzene rings is 3. The van der Waals surface area contributed by atoms with E-state index in [4.69, 9.17) is 9.72 Å². The molecule has 4 aromatic rings. The molecule has 0 spiro atoms. The lowest BCUT2D eigenvalue weighted by Crippen LogP contribution is -2.26. The summed E-state index contributed by atoms with van der Waals surface area (Å²) < 4.78 is 8.17. The van der Waals surface area contributed by atoms with Crippen LogP contribution in [0.1, 0.15) is 40.2 Å². The summed E-state index contributed by atoms with van der Waals surface area (Å²) in [6.45, 7) is 6.18. The lowest BCUT2D eigenvalue weighted by Gasteiger charge is -2.11. The third-order valence-corrected chi connectivity index (χ3v) is 5.68. The molecule has 3 aromatic carbocycles. The van der Waals surface area contributed by atoms with Gasteiger partial charge in [-0.25, -0.2) is 4.98 Å². The molecule has 1 aromatic heterocycles. The Morgan fingerprint density at radius 3 is 2.55 bits per heavy atom. The average Bonchev–Trinajstić information content (AvgIpc) is 3.16. The number of nitrogens with zero attached hydrogens (tertiary/aromatic N) is 2. The van der Waals surface area contributed by atoms with E-state index < -0.39 is 0 Å². The molecule has 0 aliphatic carbocycles. The molecule has 1 N–H and O–H groups in total. The third-order valence-electron chi connectivity index (χ3n) is 5.68. The second-order valence-electron chi connectivity index (χ2n) is 8.42. The summed E-state index contributed by atoms with van der Waals surface area (Å²) >= 11 is 0. The fraction of sp³-hybridized carbons (Fsp3) is 0.286. The van der Waals surface area contributed by atoms with E-state index in [0.717, 1.165) is 47.6 Å². The lowest BCUT2D eigenvalue weighted by molar-refractivity contribution is 0.0954. The average molecular weight is 442 g/mol. The zero-order valence-electron chi connectivity index (χ0n) is 19.4. The minimum atomic E-state index is -0.0466. The first-order valence-corrected chi connectivity index (χ1v) is 11.6. The minimum absolute atomic E-state index is 0.0466. The molecular weight excluding hydrogens is 410 g/mol. The maximum absolute atomic E-state index is 12.5. The van der Waals surface area contributed by atoms with Gasteiger partial charge in [0.05, 0.1) is 17.6 Å². The molecule has 0 saturated carbocycles. The van der Waals surface area contributed by atoms with Gasteiger partial charge in [-0.05, 0) is 68.7 Å². The maximum atomic E-state index is 12.5. The first-order valence-electron chi connectivity index (χ1n) is 11.6. The van der Waals surface area contributed by atoms with E-state index in [-0.39, 0.29) is 5.91 Å². The Bertz CT molecular complexity index is 1230. The number of para-hydroxylation sites is 2. The van der Waals surface area contributed by atoms with Gasteiger partial charge in [0.2, 0.25) is 0 Å². The van der Waals surface area contributed by atoms with Crippen LogP contribution in [0.4, 0.5) is 0 Å². The van der Waals surface area contributed by atoms with Crippen LogP contribution in [-0.2, 0) is 13.0 Å². The number of carbonyl (C=O) groups excluding carboxylic acids is 1. The fourth-order valence-corrected chi connectivity index (χ4v) is 4.01. The first kappa shape index (κ1) is 22.6. The molecule has 5 heteroatoms. The summed E-state index contributed by atoms with van der Waals surface area (Å²) in [4.78, 5) is 17.3. The highest BCUT2D eigenvalue weighted by Gasteiger charge is 2.11. The number of aryl methyl sites for hydroxylation is 3. The van der Waals surface area contributed by atoms with Crippen molar-refractivity contribution >= 4 is 16.9 Å². The van der Waals surface area contributed by atoms with Gasteiger partial charge in [0.15, 0.2) is 0 Å². The summed E-state index contributed by atoms with van der Waals surface area (Å²) in [5, 5.41) is 3.03. The van der Waals surface area contributed by atoms with Crippen molar-refractivity contribution in [1.82, 2.24) is 14.9 Å². The molecular formula is C28H31N3O2. The molecule has 0 atom stereocenters. The normalized spacial score (nSPS) is 11.0. The molecule has 0 aliphatic heterocycles. The van der Waals surface area contributed by atoms with Gasteiger partial charge >= 0.3 is 0 Å². The monoisotopic (exact) mass is 441 g/mol. The van der Waals surface area contributed by atoms with Crippen LogP contribution in [0, 0.1) is 13.8 Å². The number of carbonyl (C=O) groups is 1. The van der Waals surface area contributed by atoms with Crippen molar-refractivity contribution in [3.05, 3.63) is 95.3 Å². The number of unbranched alkanes of at least 4 members (excludes halogenated alkanes) is 1. The van der Waals surface area contributed by atoms with E-state index in [1.165, 1.54) is 5.56 Å². The topological polar surface area (TPSA) is 56.1 Å². The number of ether oxygens (including phenoxy) is 1. The van der Waals surface area contributed by atoms with Gasteiger partial charge in [-0.2, -0.15) is 0 Å². The van der Waals surface area contributed by atoms with Gasteiger partial charge in [0.25, 0.3) is 5.91 Å².